The topological polar surface area (TPSA) is 29.1 Å². The first-order chi connectivity index (χ1) is 10.9. The monoisotopic (exact) mass is 347 g/mol. The molecule has 2 nitrogen and oxygen atoms in total. The third kappa shape index (κ3) is 5.02. The minimum Gasteiger partial charge on any atom is -0.349 e. The summed E-state index contributed by atoms with van der Waals surface area (Å²) in [6, 6.07) is 11.9. The molecule has 0 heterocycles. The highest BCUT2D eigenvalue weighted by atomic mass is 35.5. The van der Waals surface area contributed by atoms with Crippen molar-refractivity contribution in [2.24, 2.45) is 0 Å². The van der Waals surface area contributed by atoms with Gasteiger partial charge in [-0.1, -0.05) is 23.7 Å². The normalized spacial score (nSPS) is 12.0. The molecule has 23 heavy (non-hydrogen) atoms. The molecule has 0 saturated heterocycles. The minimum absolute atomic E-state index is 0.00705. The van der Waals surface area contributed by atoms with Crippen LogP contribution in [0.25, 0.3) is 0 Å². The fourth-order valence-corrected chi connectivity index (χ4v) is 3.33. The van der Waals surface area contributed by atoms with Gasteiger partial charge in [-0.3, -0.25) is 4.79 Å². The van der Waals surface area contributed by atoms with E-state index in [9.17, 15) is 4.79 Å². The number of hydrogen-bond acceptors (Lipinski definition) is 2. The van der Waals surface area contributed by atoms with Gasteiger partial charge in [0.2, 0.25) is 5.91 Å². The number of carbonyl (C=O) groups excluding carboxylic acids is 1. The van der Waals surface area contributed by atoms with Crippen LogP contribution in [0.3, 0.4) is 0 Å². The van der Waals surface area contributed by atoms with Gasteiger partial charge in [-0.2, -0.15) is 0 Å². The standard InChI is InChI=1S/C19H22ClNOS/c1-12-9-14(3)18(10-13(12)2)15(4)21-19(22)11-23-17-7-5-16(20)6-8-17/h5-10,15H,11H2,1-4H3,(H,21,22). The van der Waals surface area contributed by atoms with Gasteiger partial charge in [0, 0.05) is 9.92 Å². The van der Waals surface area contributed by atoms with Crippen molar-refractivity contribution in [2.45, 2.75) is 38.6 Å². The molecule has 0 radical (unpaired) electrons. The smallest absolute Gasteiger partial charge is 0.230 e. The number of halogens is 1. The van der Waals surface area contributed by atoms with Crippen LogP contribution in [0.15, 0.2) is 41.3 Å². The first-order valence-electron chi connectivity index (χ1n) is 7.62. The molecule has 0 fully saturated rings. The largest absolute Gasteiger partial charge is 0.349 e. The van der Waals surface area contributed by atoms with Crippen LogP contribution in [0.2, 0.25) is 5.02 Å². The lowest BCUT2D eigenvalue weighted by molar-refractivity contribution is -0.119. The van der Waals surface area contributed by atoms with Crippen molar-refractivity contribution >= 4 is 29.3 Å². The molecule has 2 rings (SSSR count). The second kappa shape index (κ2) is 7.89. The van der Waals surface area contributed by atoms with Crippen LogP contribution in [0.1, 0.15) is 35.2 Å². The van der Waals surface area contributed by atoms with E-state index >= 15 is 0 Å². The summed E-state index contributed by atoms with van der Waals surface area (Å²) in [6.07, 6.45) is 0. The van der Waals surface area contributed by atoms with Gasteiger partial charge < -0.3 is 5.32 Å². The predicted octanol–water partition coefficient (Wildman–Crippen LogP) is 5.23. The molecule has 2 aromatic carbocycles. The number of amides is 1. The second-order valence-electron chi connectivity index (χ2n) is 5.82. The molecular formula is C19H22ClNOS. The Morgan fingerprint density at radius 1 is 1.09 bits per heavy atom. The Balaban J connectivity index is 1.94. The molecule has 4 heteroatoms. The quantitative estimate of drug-likeness (QED) is 0.750. The average molecular weight is 348 g/mol. The van der Waals surface area contributed by atoms with Crippen LogP contribution in [-0.2, 0) is 4.79 Å². The van der Waals surface area contributed by atoms with Crippen molar-refractivity contribution in [1.82, 2.24) is 5.32 Å². The Bertz CT molecular complexity index is 697. The summed E-state index contributed by atoms with van der Waals surface area (Å²) in [4.78, 5) is 13.2. The van der Waals surface area contributed by atoms with E-state index in [2.05, 4.69) is 38.2 Å². The molecule has 0 aliphatic heterocycles. The van der Waals surface area contributed by atoms with E-state index in [0.29, 0.717) is 10.8 Å². The van der Waals surface area contributed by atoms with Crippen molar-refractivity contribution in [1.29, 1.82) is 0 Å². The molecule has 0 bridgehead atoms. The number of carbonyl (C=O) groups is 1. The predicted molar refractivity (Wildman–Crippen MR) is 99.4 cm³/mol. The van der Waals surface area contributed by atoms with Crippen molar-refractivity contribution in [3.63, 3.8) is 0 Å². The number of aryl methyl sites for hydroxylation is 3. The molecule has 0 spiro atoms. The SMILES string of the molecule is Cc1cc(C)c(C(C)NC(=O)CSc2ccc(Cl)cc2)cc1C. The van der Waals surface area contributed by atoms with E-state index in [4.69, 9.17) is 11.6 Å². The van der Waals surface area contributed by atoms with Gasteiger partial charge >= 0.3 is 0 Å². The number of rotatable bonds is 5. The third-order valence-electron chi connectivity index (χ3n) is 3.91. The molecular weight excluding hydrogens is 326 g/mol. The number of benzene rings is 2. The number of hydrogen-bond donors (Lipinski definition) is 1. The maximum Gasteiger partial charge on any atom is 0.230 e. The second-order valence-corrected chi connectivity index (χ2v) is 7.31. The highest BCUT2D eigenvalue weighted by Crippen LogP contribution is 2.23. The van der Waals surface area contributed by atoms with Crippen LogP contribution >= 0.6 is 23.4 Å². The summed E-state index contributed by atoms with van der Waals surface area (Å²) in [5.41, 5.74) is 4.93. The Morgan fingerprint density at radius 3 is 2.35 bits per heavy atom. The van der Waals surface area contributed by atoms with Gasteiger partial charge in [-0.05, 0) is 74.2 Å². The maximum atomic E-state index is 12.2. The molecule has 2 aromatic rings. The Labute approximate surface area is 147 Å². The summed E-state index contributed by atoms with van der Waals surface area (Å²) < 4.78 is 0. The lowest BCUT2D eigenvalue weighted by Gasteiger charge is -2.18. The van der Waals surface area contributed by atoms with Gasteiger partial charge in [-0.15, -0.1) is 11.8 Å². The van der Waals surface area contributed by atoms with E-state index in [0.717, 1.165) is 4.90 Å². The fourth-order valence-electron chi connectivity index (χ4n) is 2.49. The molecule has 1 unspecified atom stereocenters. The van der Waals surface area contributed by atoms with Crippen molar-refractivity contribution in [3.05, 3.63) is 63.7 Å². The molecule has 1 N–H and O–H groups in total. The van der Waals surface area contributed by atoms with Crippen LogP contribution < -0.4 is 5.32 Å². The molecule has 122 valence electrons. The van der Waals surface area contributed by atoms with Crippen LogP contribution in [-0.4, -0.2) is 11.7 Å². The van der Waals surface area contributed by atoms with E-state index in [1.165, 1.54) is 34.0 Å². The Hall–Kier alpha value is -1.45. The van der Waals surface area contributed by atoms with E-state index in [1.54, 1.807) is 0 Å². The Morgan fingerprint density at radius 2 is 1.70 bits per heavy atom. The van der Waals surface area contributed by atoms with Crippen LogP contribution in [0.4, 0.5) is 0 Å². The summed E-state index contributed by atoms with van der Waals surface area (Å²) in [6.45, 7) is 8.33. The molecule has 1 amide bonds. The van der Waals surface area contributed by atoms with Crippen molar-refractivity contribution in [3.8, 4) is 0 Å². The number of thioether (sulfide) groups is 1. The van der Waals surface area contributed by atoms with Gasteiger partial charge in [-0.25, -0.2) is 0 Å². The highest BCUT2D eigenvalue weighted by molar-refractivity contribution is 8.00. The summed E-state index contributed by atoms with van der Waals surface area (Å²) in [5, 5.41) is 3.79. The van der Waals surface area contributed by atoms with E-state index < -0.39 is 0 Å². The maximum absolute atomic E-state index is 12.2. The molecule has 0 aliphatic rings. The minimum atomic E-state index is 0.00705. The van der Waals surface area contributed by atoms with Crippen molar-refractivity contribution < 1.29 is 4.79 Å². The van der Waals surface area contributed by atoms with Gasteiger partial charge in [0.15, 0.2) is 0 Å². The summed E-state index contributed by atoms with van der Waals surface area (Å²) in [7, 11) is 0. The van der Waals surface area contributed by atoms with Gasteiger partial charge in [0.25, 0.3) is 0 Å². The average Bonchev–Trinajstić information content (AvgIpc) is 2.50. The fraction of sp³-hybridized carbons (Fsp3) is 0.316. The first kappa shape index (κ1) is 17.9. The summed E-state index contributed by atoms with van der Waals surface area (Å²) >= 11 is 7.37. The first-order valence-corrected chi connectivity index (χ1v) is 8.98. The van der Waals surface area contributed by atoms with Crippen molar-refractivity contribution in [2.75, 3.05) is 5.75 Å². The molecule has 1 atom stereocenters. The Kier molecular flexibility index (Phi) is 6.14. The zero-order valence-electron chi connectivity index (χ0n) is 13.9. The van der Waals surface area contributed by atoms with E-state index in [-0.39, 0.29) is 11.9 Å². The van der Waals surface area contributed by atoms with Gasteiger partial charge in [0.1, 0.15) is 0 Å². The third-order valence-corrected chi connectivity index (χ3v) is 5.17. The lowest BCUT2D eigenvalue weighted by atomic mass is 9.96. The number of nitrogens with one attached hydrogen (secondary N) is 1. The zero-order chi connectivity index (χ0) is 17.0. The lowest BCUT2D eigenvalue weighted by Crippen LogP contribution is -2.28. The molecule has 0 aliphatic carbocycles. The van der Waals surface area contributed by atoms with Gasteiger partial charge in [0.05, 0.1) is 11.8 Å². The zero-order valence-corrected chi connectivity index (χ0v) is 15.5. The van der Waals surface area contributed by atoms with Crippen LogP contribution in [0, 0.1) is 20.8 Å². The molecule has 0 aromatic heterocycles. The summed E-state index contributed by atoms with van der Waals surface area (Å²) in [5.74, 6) is 0.436. The van der Waals surface area contributed by atoms with Crippen LogP contribution in [0.5, 0.6) is 0 Å². The molecule has 0 saturated carbocycles. The highest BCUT2D eigenvalue weighted by Gasteiger charge is 2.13. The van der Waals surface area contributed by atoms with E-state index in [1.807, 2.05) is 31.2 Å².